The van der Waals surface area contributed by atoms with Crippen molar-refractivity contribution in [1.82, 2.24) is 10.6 Å². The van der Waals surface area contributed by atoms with E-state index in [1.54, 1.807) is 11.3 Å². The fourth-order valence-electron chi connectivity index (χ4n) is 2.92. The number of ether oxygens (including phenoxy) is 2. The van der Waals surface area contributed by atoms with Crippen molar-refractivity contribution in [2.24, 2.45) is 0 Å². The normalized spacial score (nSPS) is 24.1. The Morgan fingerprint density at radius 2 is 2.19 bits per heavy atom. The first-order valence-electron chi connectivity index (χ1n) is 7.62. The minimum atomic E-state index is -0.363. The molecular weight excluding hydrogens is 288 g/mol. The molecule has 1 aliphatic heterocycles. The molecule has 2 N–H and O–H groups in total. The Hall–Kier alpha value is -1.11. The van der Waals surface area contributed by atoms with Crippen LogP contribution in [0.1, 0.15) is 37.0 Å². The van der Waals surface area contributed by atoms with Crippen LogP contribution in [0.3, 0.4) is 0 Å². The van der Waals surface area contributed by atoms with Gasteiger partial charge < -0.3 is 20.1 Å². The Bertz CT molecular complexity index is 457. The second kappa shape index (κ2) is 6.77. The average Bonchev–Trinajstić information content (AvgIpc) is 3.14. The number of thiophene rings is 1. The zero-order chi connectivity index (χ0) is 14.5. The fraction of sp³-hybridized carbons (Fsp3) is 0.667. The van der Waals surface area contributed by atoms with E-state index < -0.39 is 0 Å². The minimum Gasteiger partial charge on any atom is -0.347 e. The molecule has 2 amide bonds. The smallest absolute Gasteiger partial charge is 0.315 e. The van der Waals surface area contributed by atoms with Gasteiger partial charge in [0, 0.05) is 24.3 Å². The van der Waals surface area contributed by atoms with Gasteiger partial charge in [0.2, 0.25) is 0 Å². The summed E-state index contributed by atoms with van der Waals surface area (Å²) in [6.07, 6.45) is 5.53. The van der Waals surface area contributed by atoms with Gasteiger partial charge in [-0.15, -0.1) is 11.3 Å². The van der Waals surface area contributed by atoms with Gasteiger partial charge in [0.1, 0.15) is 6.10 Å². The lowest BCUT2D eigenvalue weighted by Crippen LogP contribution is -2.41. The average molecular weight is 310 g/mol. The second-order valence-corrected chi connectivity index (χ2v) is 6.70. The molecule has 6 heteroatoms. The van der Waals surface area contributed by atoms with Crippen LogP contribution in [0.15, 0.2) is 17.5 Å². The molecule has 1 atom stereocenters. The summed E-state index contributed by atoms with van der Waals surface area (Å²) < 4.78 is 11.9. The summed E-state index contributed by atoms with van der Waals surface area (Å²) >= 11 is 1.64. The second-order valence-electron chi connectivity index (χ2n) is 5.67. The number of rotatable bonds is 4. The molecule has 2 heterocycles. The maximum absolute atomic E-state index is 11.7. The van der Waals surface area contributed by atoms with Crippen LogP contribution in [0.4, 0.5) is 4.79 Å². The third-order valence-electron chi connectivity index (χ3n) is 4.02. The van der Waals surface area contributed by atoms with Crippen molar-refractivity contribution in [1.29, 1.82) is 0 Å². The zero-order valence-corrected chi connectivity index (χ0v) is 12.9. The van der Waals surface area contributed by atoms with Gasteiger partial charge in [0.05, 0.1) is 13.2 Å². The summed E-state index contributed by atoms with van der Waals surface area (Å²) in [5, 5.41) is 7.70. The van der Waals surface area contributed by atoms with Gasteiger partial charge in [-0.05, 0) is 24.3 Å². The number of carbonyl (C=O) groups excluding carboxylic acids is 1. The number of carbonyl (C=O) groups is 1. The van der Waals surface area contributed by atoms with E-state index in [9.17, 15) is 4.79 Å². The molecule has 1 aromatic rings. The van der Waals surface area contributed by atoms with E-state index in [1.807, 2.05) is 17.5 Å². The minimum absolute atomic E-state index is 0.0319. The first-order valence-corrected chi connectivity index (χ1v) is 8.50. The summed E-state index contributed by atoms with van der Waals surface area (Å²) in [7, 11) is 0. The van der Waals surface area contributed by atoms with E-state index in [1.165, 1.54) is 19.3 Å². The first-order chi connectivity index (χ1) is 10.3. The molecule has 3 rings (SSSR count). The SMILES string of the molecule is O=C(NCc1cccs1)NC[C@@H]1COC2(CCCCC2)O1. The summed E-state index contributed by atoms with van der Waals surface area (Å²) in [5.74, 6) is -0.363. The van der Waals surface area contributed by atoms with Gasteiger partial charge in [0.15, 0.2) is 5.79 Å². The van der Waals surface area contributed by atoms with E-state index in [4.69, 9.17) is 9.47 Å². The molecule has 1 spiro atoms. The molecule has 0 aromatic carbocycles. The summed E-state index contributed by atoms with van der Waals surface area (Å²) in [4.78, 5) is 12.9. The molecule has 0 radical (unpaired) electrons. The van der Waals surface area contributed by atoms with Crippen molar-refractivity contribution >= 4 is 17.4 Å². The van der Waals surface area contributed by atoms with Crippen LogP contribution >= 0.6 is 11.3 Å². The lowest BCUT2D eigenvalue weighted by molar-refractivity contribution is -0.186. The van der Waals surface area contributed by atoms with Gasteiger partial charge in [0.25, 0.3) is 0 Å². The van der Waals surface area contributed by atoms with Crippen molar-refractivity contribution in [3.8, 4) is 0 Å². The predicted octanol–water partition coefficient (Wildman–Crippen LogP) is 2.62. The van der Waals surface area contributed by atoms with Crippen molar-refractivity contribution in [3.05, 3.63) is 22.4 Å². The Morgan fingerprint density at radius 3 is 2.95 bits per heavy atom. The first kappa shape index (κ1) is 14.8. The number of urea groups is 1. The van der Waals surface area contributed by atoms with E-state index in [-0.39, 0.29) is 17.9 Å². The highest BCUT2D eigenvalue weighted by Crippen LogP contribution is 2.37. The summed E-state index contributed by atoms with van der Waals surface area (Å²) in [5.41, 5.74) is 0. The van der Waals surface area contributed by atoms with Crippen LogP contribution in [0.2, 0.25) is 0 Å². The molecule has 1 aliphatic carbocycles. The molecule has 2 fully saturated rings. The molecule has 1 saturated heterocycles. The van der Waals surface area contributed by atoms with Crippen molar-refractivity contribution in [2.45, 2.75) is 50.5 Å². The lowest BCUT2D eigenvalue weighted by atomic mass is 9.94. The Morgan fingerprint density at radius 1 is 1.33 bits per heavy atom. The molecule has 1 saturated carbocycles. The van der Waals surface area contributed by atoms with Crippen molar-refractivity contribution < 1.29 is 14.3 Å². The standard InChI is InChI=1S/C15H22N2O3S/c18-14(17-10-13-5-4-8-21-13)16-9-12-11-19-15(20-12)6-2-1-3-7-15/h4-5,8,12H,1-3,6-7,9-11H2,(H2,16,17,18)/t12-/m1/s1. The molecule has 2 aliphatic rings. The van der Waals surface area contributed by atoms with Gasteiger partial charge in [-0.1, -0.05) is 12.5 Å². The van der Waals surface area contributed by atoms with Crippen molar-refractivity contribution in [3.63, 3.8) is 0 Å². The maximum atomic E-state index is 11.7. The molecule has 1 aromatic heterocycles. The summed E-state index contributed by atoms with van der Waals surface area (Å²) in [6.45, 7) is 1.64. The Labute approximate surface area is 129 Å². The molecule has 116 valence electrons. The highest BCUT2D eigenvalue weighted by molar-refractivity contribution is 7.09. The maximum Gasteiger partial charge on any atom is 0.315 e. The Kier molecular flexibility index (Phi) is 4.77. The lowest BCUT2D eigenvalue weighted by Gasteiger charge is -2.31. The van der Waals surface area contributed by atoms with Gasteiger partial charge in [-0.2, -0.15) is 0 Å². The highest BCUT2D eigenvalue weighted by Gasteiger charge is 2.42. The topological polar surface area (TPSA) is 59.6 Å². The van der Waals surface area contributed by atoms with Gasteiger partial charge >= 0.3 is 6.03 Å². The van der Waals surface area contributed by atoms with Crippen LogP contribution in [0.5, 0.6) is 0 Å². The van der Waals surface area contributed by atoms with E-state index in [0.29, 0.717) is 19.7 Å². The van der Waals surface area contributed by atoms with Crippen LogP contribution in [0, 0.1) is 0 Å². The molecule has 0 unspecified atom stereocenters. The fourth-order valence-corrected chi connectivity index (χ4v) is 3.56. The predicted molar refractivity (Wildman–Crippen MR) is 81.2 cm³/mol. The van der Waals surface area contributed by atoms with Crippen LogP contribution in [-0.2, 0) is 16.0 Å². The monoisotopic (exact) mass is 310 g/mol. The van der Waals surface area contributed by atoms with Gasteiger partial charge in [-0.3, -0.25) is 0 Å². The van der Waals surface area contributed by atoms with Crippen molar-refractivity contribution in [2.75, 3.05) is 13.2 Å². The van der Waals surface area contributed by atoms with Crippen LogP contribution < -0.4 is 10.6 Å². The van der Waals surface area contributed by atoms with Crippen LogP contribution in [-0.4, -0.2) is 31.1 Å². The number of amides is 2. The molecule has 0 bridgehead atoms. The molecular formula is C15H22N2O3S. The zero-order valence-electron chi connectivity index (χ0n) is 12.1. The van der Waals surface area contributed by atoms with E-state index in [0.717, 1.165) is 17.7 Å². The quantitative estimate of drug-likeness (QED) is 0.899. The largest absolute Gasteiger partial charge is 0.347 e. The highest BCUT2D eigenvalue weighted by atomic mass is 32.1. The summed E-state index contributed by atoms with van der Waals surface area (Å²) in [6, 6.07) is 3.83. The van der Waals surface area contributed by atoms with E-state index >= 15 is 0 Å². The number of hydrogen-bond acceptors (Lipinski definition) is 4. The Balaban J connectivity index is 1.36. The third kappa shape index (κ3) is 3.96. The number of nitrogens with one attached hydrogen (secondary N) is 2. The van der Waals surface area contributed by atoms with E-state index in [2.05, 4.69) is 10.6 Å². The van der Waals surface area contributed by atoms with Crippen LogP contribution in [0.25, 0.3) is 0 Å². The van der Waals surface area contributed by atoms with Gasteiger partial charge in [-0.25, -0.2) is 4.79 Å². The molecule has 5 nitrogen and oxygen atoms in total. The number of hydrogen-bond donors (Lipinski definition) is 2. The molecule has 21 heavy (non-hydrogen) atoms. The third-order valence-corrected chi connectivity index (χ3v) is 4.90.